The fourth-order valence-corrected chi connectivity index (χ4v) is 5.26. The number of phosphoric ester groups is 2. The van der Waals surface area contributed by atoms with E-state index in [1.54, 1.807) is 0 Å². The van der Waals surface area contributed by atoms with Gasteiger partial charge in [0.2, 0.25) is 0 Å². The van der Waals surface area contributed by atoms with Crippen molar-refractivity contribution in [2.75, 3.05) is 25.5 Å². The Morgan fingerprint density at radius 1 is 1.06 bits per heavy atom. The van der Waals surface area contributed by atoms with Crippen LogP contribution in [-0.4, -0.2) is 111 Å². The predicted molar refractivity (Wildman–Crippen MR) is 115 cm³/mol. The third kappa shape index (κ3) is 6.60. The number of nitrogens with two attached hydrogens (primary N) is 2. The van der Waals surface area contributed by atoms with Crippen LogP contribution in [-0.2, 0) is 27.2 Å². The van der Waals surface area contributed by atoms with Crippen LogP contribution in [0.4, 0.5) is 5.82 Å². The summed E-state index contributed by atoms with van der Waals surface area (Å²) in [6.45, 7) is -2.41. The van der Waals surface area contributed by atoms with Gasteiger partial charge in [-0.1, -0.05) is 0 Å². The lowest BCUT2D eigenvalue weighted by atomic mass is 10.1. The zero-order valence-corrected chi connectivity index (χ0v) is 20.0. The highest BCUT2D eigenvalue weighted by Crippen LogP contribution is 2.60. The molecule has 0 radical (unpaired) electrons. The van der Waals surface area contributed by atoms with E-state index in [9.17, 15) is 44.4 Å². The van der Waals surface area contributed by atoms with E-state index < -0.39 is 78.3 Å². The van der Waals surface area contributed by atoms with Gasteiger partial charge in [-0.05, 0) is 0 Å². The SMILES string of the molecule is NCC(O)C(O)C(O)COP(=O)(O)OP(=O)(O)OCC1OC(n2cnc3c(N)ncnc32)C(O)C1O. The van der Waals surface area contributed by atoms with Crippen molar-refractivity contribution < 1.29 is 62.5 Å². The first kappa shape index (κ1) is 28.9. The number of hydrogen-bond donors (Lipinski definition) is 9. The van der Waals surface area contributed by atoms with Gasteiger partial charge in [0.15, 0.2) is 17.7 Å². The van der Waals surface area contributed by atoms with Crippen LogP contribution in [0.1, 0.15) is 6.23 Å². The highest BCUT2D eigenvalue weighted by molar-refractivity contribution is 7.61. The molecule has 21 heteroatoms. The Kier molecular flexibility index (Phi) is 9.13. The first-order chi connectivity index (χ1) is 16.8. The van der Waals surface area contributed by atoms with Gasteiger partial charge in [-0.25, -0.2) is 24.1 Å². The third-order valence-corrected chi connectivity index (χ3v) is 7.65. The molecule has 1 aliphatic heterocycles. The van der Waals surface area contributed by atoms with Crippen LogP contribution in [0, 0.1) is 0 Å². The van der Waals surface area contributed by atoms with Crippen molar-refractivity contribution in [3.63, 3.8) is 0 Å². The first-order valence-electron chi connectivity index (χ1n) is 10.1. The summed E-state index contributed by atoms with van der Waals surface area (Å²) in [5.74, 6) is 0.0540. The fraction of sp³-hybridized carbons (Fsp3) is 0.667. The lowest BCUT2D eigenvalue weighted by Gasteiger charge is -2.23. The summed E-state index contributed by atoms with van der Waals surface area (Å²) in [6.07, 6.45) is -8.85. The van der Waals surface area contributed by atoms with Crippen LogP contribution >= 0.6 is 15.6 Å². The Labute approximate surface area is 202 Å². The molecular weight excluding hydrogens is 534 g/mol. The lowest BCUT2D eigenvalue weighted by Crippen LogP contribution is -2.43. The van der Waals surface area contributed by atoms with Crippen molar-refractivity contribution >= 4 is 32.6 Å². The van der Waals surface area contributed by atoms with Crippen LogP contribution < -0.4 is 11.5 Å². The van der Waals surface area contributed by atoms with Crippen molar-refractivity contribution in [1.29, 1.82) is 0 Å². The van der Waals surface area contributed by atoms with Crippen molar-refractivity contribution in [1.82, 2.24) is 19.5 Å². The standard InChI is InChI=1S/C15H26N6O13P2/c16-1-6(22)10(24)7(23)2-31-35(27,28)34-36(29,30)32-3-8-11(25)12(26)15(33-8)21-5-20-9-13(17)18-4-19-14(9)21/h4-8,10-12,15,22-26H,1-3,16H2,(H,27,28)(H,29,30)(H2,17,18,19). The molecule has 36 heavy (non-hydrogen) atoms. The minimum Gasteiger partial charge on any atom is -0.389 e. The zero-order chi connectivity index (χ0) is 26.8. The molecule has 3 heterocycles. The van der Waals surface area contributed by atoms with Gasteiger partial charge in [0, 0.05) is 6.54 Å². The molecule has 0 spiro atoms. The molecule has 204 valence electrons. The number of fused-ring (bicyclic) bond motifs is 1. The number of imidazole rings is 1. The molecule has 1 fully saturated rings. The van der Waals surface area contributed by atoms with E-state index in [0.717, 1.165) is 6.33 Å². The topological polar surface area (TPSA) is 308 Å². The highest BCUT2D eigenvalue weighted by Gasteiger charge is 2.46. The molecule has 1 saturated heterocycles. The summed E-state index contributed by atoms with van der Waals surface area (Å²) in [6, 6.07) is 0. The summed E-state index contributed by atoms with van der Waals surface area (Å²) < 4.78 is 43.8. The number of anilines is 1. The summed E-state index contributed by atoms with van der Waals surface area (Å²) in [5, 5.41) is 49.2. The number of nitrogens with zero attached hydrogens (tertiary/aromatic N) is 4. The molecule has 0 bridgehead atoms. The van der Waals surface area contributed by atoms with Gasteiger partial charge in [0.05, 0.1) is 25.6 Å². The number of aliphatic hydroxyl groups excluding tert-OH is 5. The smallest absolute Gasteiger partial charge is 0.389 e. The number of phosphoric acid groups is 2. The Balaban J connectivity index is 1.58. The maximum atomic E-state index is 12.1. The molecule has 2 aromatic rings. The second-order valence-corrected chi connectivity index (χ2v) is 10.6. The van der Waals surface area contributed by atoms with E-state index in [0.29, 0.717) is 0 Å². The van der Waals surface area contributed by atoms with Gasteiger partial charge < -0.3 is 51.5 Å². The molecule has 0 aliphatic carbocycles. The summed E-state index contributed by atoms with van der Waals surface area (Å²) in [5.41, 5.74) is 11.2. The van der Waals surface area contributed by atoms with E-state index >= 15 is 0 Å². The molecular formula is C15H26N6O13P2. The first-order valence-corrected chi connectivity index (χ1v) is 13.1. The minimum atomic E-state index is -5.33. The van der Waals surface area contributed by atoms with Gasteiger partial charge in [-0.15, -0.1) is 0 Å². The number of hydrogen-bond acceptors (Lipinski definition) is 16. The van der Waals surface area contributed by atoms with Gasteiger partial charge in [0.1, 0.15) is 42.4 Å². The molecule has 0 amide bonds. The van der Waals surface area contributed by atoms with Crippen LogP contribution in [0.15, 0.2) is 12.7 Å². The van der Waals surface area contributed by atoms with Crippen LogP contribution in [0.3, 0.4) is 0 Å². The molecule has 0 aromatic carbocycles. The maximum absolute atomic E-state index is 12.1. The normalized spacial score (nSPS) is 28.4. The Hall–Kier alpha value is -1.67. The third-order valence-electron chi connectivity index (χ3n) is 5.05. The van der Waals surface area contributed by atoms with Gasteiger partial charge in [-0.3, -0.25) is 13.6 Å². The number of aliphatic hydroxyl groups is 5. The van der Waals surface area contributed by atoms with Crippen molar-refractivity contribution in [3.05, 3.63) is 12.7 Å². The van der Waals surface area contributed by atoms with E-state index in [1.807, 2.05) is 0 Å². The summed E-state index contributed by atoms with van der Waals surface area (Å²) in [4.78, 5) is 31.2. The number of rotatable bonds is 12. The molecule has 0 saturated carbocycles. The van der Waals surface area contributed by atoms with E-state index in [2.05, 4.69) is 28.3 Å². The van der Waals surface area contributed by atoms with Gasteiger partial charge in [-0.2, -0.15) is 4.31 Å². The summed E-state index contributed by atoms with van der Waals surface area (Å²) in [7, 11) is -10.7. The van der Waals surface area contributed by atoms with E-state index in [4.69, 9.17) is 16.2 Å². The Morgan fingerprint density at radius 3 is 2.39 bits per heavy atom. The zero-order valence-electron chi connectivity index (χ0n) is 18.2. The molecule has 9 unspecified atom stereocenters. The van der Waals surface area contributed by atoms with Crippen LogP contribution in [0.5, 0.6) is 0 Å². The van der Waals surface area contributed by atoms with Crippen molar-refractivity contribution in [2.45, 2.75) is 42.9 Å². The van der Waals surface area contributed by atoms with Gasteiger partial charge in [0.25, 0.3) is 0 Å². The largest absolute Gasteiger partial charge is 0.481 e. The Bertz CT molecular complexity index is 1140. The van der Waals surface area contributed by atoms with Crippen LogP contribution in [0.2, 0.25) is 0 Å². The maximum Gasteiger partial charge on any atom is 0.481 e. The average molecular weight is 560 g/mol. The Morgan fingerprint density at radius 2 is 1.72 bits per heavy atom. The molecule has 9 atom stereocenters. The molecule has 1 aliphatic rings. The second kappa shape index (κ2) is 11.4. The minimum absolute atomic E-state index is 0.0540. The average Bonchev–Trinajstić information content (AvgIpc) is 3.36. The second-order valence-electron chi connectivity index (χ2n) is 7.60. The lowest BCUT2D eigenvalue weighted by molar-refractivity contribution is -0.0720. The molecule has 2 aromatic heterocycles. The van der Waals surface area contributed by atoms with Gasteiger partial charge >= 0.3 is 15.6 Å². The van der Waals surface area contributed by atoms with E-state index in [1.165, 1.54) is 10.9 Å². The van der Waals surface area contributed by atoms with Crippen LogP contribution in [0.25, 0.3) is 11.2 Å². The monoisotopic (exact) mass is 560 g/mol. The fourth-order valence-electron chi connectivity index (χ4n) is 3.16. The molecule has 19 nitrogen and oxygen atoms in total. The quantitative estimate of drug-likeness (QED) is 0.113. The molecule has 3 rings (SSSR count). The number of ether oxygens (including phenoxy) is 1. The predicted octanol–water partition coefficient (Wildman–Crippen LogP) is -3.68. The van der Waals surface area contributed by atoms with E-state index in [-0.39, 0.29) is 17.0 Å². The number of aromatic nitrogens is 4. The van der Waals surface area contributed by atoms with Crippen molar-refractivity contribution in [3.8, 4) is 0 Å². The highest BCUT2D eigenvalue weighted by atomic mass is 31.3. The summed E-state index contributed by atoms with van der Waals surface area (Å²) >= 11 is 0. The molecule has 11 N–H and O–H groups in total. The van der Waals surface area contributed by atoms with Crippen molar-refractivity contribution in [2.24, 2.45) is 5.73 Å². The number of nitrogen functional groups attached to an aromatic ring is 1.